The molecule has 28 heavy (non-hydrogen) atoms. The lowest BCUT2D eigenvalue weighted by molar-refractivity contribution is 0.0955. The van der Waals surface area contributed by atoms with Gasteiger partial charge in [-0.3, -0.25) is 14.2 Å². The van der Waals surface area contributed by atoms with Gasteiger partial charge >= 0.3 is 0 Å². The van der Waals surface area contributed by atoms with Crippen molar-refractivity contribution < 1.29 is 14.1 Å². The van der Waals surface area contributed by atoms with E-state index < -0.39 is 0 Å². The van der Waals surface area contributed by atoms with Crippen LogP contribution in [0.2, 0.25) is 0 Å². The summed E-state index contributed by atoms with van der Waals surface area (Å²) in [7, 11) is 0. The van der Waals surface area contributed by atoms with Gasteiger partial charge in [0.2, 0.25) is 0 Å². The molecule has 146 valence electrons. The Balaban J connectivity index is 1.88. The highest BCUT2D eigenvalue weighted by Gasteiger charge is 2.20. The van der Waals surface area contributed by atoms with Gasteiger partial charge in [0, 0.05) is 30.5 Å². The summed E-state index contributed by atoms with van der Waals surface area (Å²) < 4.78 is 7.00. The second-order valence-electron chi connectivity index (χ2n) is 6.46. The number of anilines is 1. The highest BCUT2D eigenvalue weighted by molar-refractivity contribution is 6.09. The Morgan fingerprint density at radius 1 is 1.11 bits per heavy atom. The van der Waals surface area contributed by atoms with E-state index in [-0.39, 0.29) is 11.8 Å². The van der Waals surface area contributed by atoms with Crippen molar-refractivity contribution in [1.82, 2.24) is 15.0 Å². The molecule has 4 N–H and O–H groups in total. The number of carbonyl (C=O) groups excluding carboxylic acids is 2. The van der Waals surface area contributed by atoms with Crippen LogP contribution in [-0.4, -0.2) is 34.6 Å². The molecular formula is C20H23N5O3. The number of aryl methyl sites for hydroxylation is 2. The number of benzene rings is 1. The minimum absolute atomic E-state index is 0.287. The standard InChI is InChI=1S/C20H23N5O3/c1-12-10-16(14(3)25(12)18-11-13(2)28-24-18)20(27)23-17-7-5-4-6-15(17)19(26)22-9-8-21/h4-7,10-11H,8-9,21H2,1-3H3,(H,22,26)(H,23,27). The van der Waals surface area contributed by atoms with Crippen LogP contribution in [-0.2, 0) is 0 Å². The molecule has 0 radical (unpaired) electrons. The van der Waals surface area contributed by atoms with Gasteiger partial charge in [-0.1, -0.05) is 17.3 Å². The molecule has 8 nitrogen and oxygen atoms in total. The van der Waals surface area contributed by atoms with E-state index in [4.69, 9.17) is 10.3 Å². The van der Waals surface area contributed by atoms with E-state index in [2.05, 4.69) is 15.8 Å². The van der Waals surface area contributed by atoms with E-state index in [0.29, 0.717) is 41.5 Å². The maximum absolute atomic E-state index is 12.9. The SMILES string of the molecule is Cc1cc(-n2c(C)cc(C(=O)Nc3ccccc3C(=O)NCCN)c2C)no1. The van der Waals surface area contributed by atoms with Gasteiger partial charge in [0.05, 0.1) is 16.8 Å². The number of nitrogens with zero attached hydrogens (tertiary/aromatic N) is 2. The highest BCUT2D eigenvalue weighted by atomic mass is 16.5. The Morgan fingerprint density at radius 3 is 2.54 bits per heavy atom. The van der Waals surface area contributed by atoms with E-state index in [9.17, 15) is 9.59 Å². The van der Waals surface area contributed by atoms with E-state index in [0.717, 1.165) is 11.4 Å². The van der Waals surface area contributed by atoms with Crippen molar-refractivity contribution in [2.45, 2.75) is 20.8 Å². The number of hydrogen-bond acceptors (Lipinski definition) is 5. The van der Waals surface area contributed by atoms with Crippen LogP contribution in [0, 0.1) is 20.8 Å². The zero-order valence-electron chi connectivity index (χ0n) is 16.1. The molecule has 0 fully saturated rings. The van der Waals surface area contributed by atoms with Gasteiger partial charge in [0.1, 0.15) is 5.76 Å². The Bertz CT molecular complexity index is 1020. The lowest BCUT2D eigenvalue weighted by atomic mass is 10.1. The first kappa shape index (κ1) is 19.4. The van der Waals surface area contributed by atoms with Gasteiger partial charge in [0.25, 0.3) is 11.8 Å². The van der Waals surface area contributed by atoms with Crippen LogP contribution in [0.5, 0.6) is 0 Å². The molecule has 8 heteroatoms. The summed E-state index contributed by atoms with van der Waals surface area (Å²) in [4.78, 5) is 25.2. The fraction of sp³-hybridized carbons (Fsp3) is 0.250. The van der Waals surface area contributed by atoms with Crippen LogP contribution >= 0.6 is 0 Å². The highest BCUT2D eigenvalue weighted by Crippen LogP contribution is 2.23. The molecule has 0 saturated heterocycles. The van der Waals surface area contributed by atoms with Crippen molar-refractivity contribution in [2.24, 2.45) is 5.73 Å². The number of carbonyl (C=O) groups is 2. The fourth-order valence-electron chi connectivity index (χ4n) is 3.06. The predicted molar refractivity (Wildman–Crippen MR) is 106 cm³/mol. The molecule has 3 aromatic rings. The number of aromatic nitrogens is 2. The maximum Gasteiger partial charge on any atom is 0.257 e. The molecule has 2 aromatic heterocycles. The van der Waals surface area contributed by atoms with Crippen LogP contribution < -0.4 is 16.4 Å². The summed E-state index contributed by atoms with van der Waals surface area (Å²) in [5, 5.41) is 9.57. The van der Waals surface area contributed by atoms with Gasteiger partial charge < -0.3 is 20.9 Å². The zero-order valence-corrected chi connectivity index (χ0v) is 16.1. The summed E-state index contributed by atoms with van der Waals surface area (Å²) in [6.07, 6.45) is 0. The van der Waals surface area contributed by atoms with Crippen LogP contribution in [0.3, 0.4) is 0 Å². The molecular weight excluding hydrogens is 358 g/mol. The van der Waals surface area contributed by atoms with Crippen molar-refractivity contribution >= 4 is 17.5 Å². The van der Waals surface area contributed by atoms with Crippen molar-refractivity contribution in [3.05, 3.63) is 64.7 Å². The molecule has 2 heterocycles. The molecule has 0 aliphatic rings. The molecule has 0 saturated carbocycles. The third kappa shape index (κ3) is 3.81. The maximum atomic E-state index is 12.9. The number of rotatable bonds is 6. The second-order valence-corrected chi connectivity index (χ2v) is 6.46. The summed E-state index contributed by atoms with van der Waals surface area (Å²) in [5.74, 6) is 0.711. The first-order chi connectivity index (χ1) is 13.4. The summed E-state index contributed by atoms with van der Waals surface area (Å²) in [6.45, 7) is 6.24. The predicted octanol–water partition coefficient (Wildman–Crippen LogP) is 2.33. The lowest BCUT2D eigenvalue weighted by Gasteiger charge is -2.11. The number of amides is 2. The minimum atomic E-state index is -0.307. The Kier molecular flexibility index (Phi) is 5.60. The lowest BCUT2D eigenvalue weighted by Crippen LogP contribution is -2.30. The molecule has 0 aliphatic carbocycles. The molecule has 0 spiro atoms. The number of nitrogens with two attached hydrogens (primary N) is 1. The third-order valence-corrected chi connectivity index (χ3v) is 4.37. The Morgan fingerprint density at radius 2 is 1.86 bits per heavy atom. The number of hydrogen-bond donors (Lipinski definition) is 3. The fourth-order valence-corrected chi connectivity index (χ4v) is 3.06. The monoisotopic (exact) mass is 381 g/mol. The molecule has 2 amide bonds. The first-order valence-corrected chi connectivity index (χ1v) is 8.93. The Labute approximate surface area is 162 Å². The second kappa shape index (κ2) is 8.10. The van der Waals surface area contributed by atoms with Gasteiger partial charge in [0.15, 0.2) is 5.82 Å². The Hall–Kier alpha value is -3.39. The quantitative estimate of drug-likeness (QED) is 0.606. The van der Waals surface area contributed by atoms with Gasteiger partial charge in [-0.05, 0) is 39.0 Å². The first-order valence-electron chi connectivity index (χ1n) is 8.93. The summed E-state index contributed by atoms with van der Waals surface area (Å²) >= 11 is 0. The molecule has 0 aliphatic heterocycles. The number of para-hydroxylation sites is 1. The minimum Gasteiger partial charge on any atom is -0.360 e. The molecule has 3 rings (SSSR count). The molecule has 0 bridgehead atoms. The molecule has 0 unspecified atom stereocenters. The van der Waals surface area contributed by atoms with Crippen LogP contribution in [0.15, 0.2) is 40.9 Å². The van der Waals surface area contributed by atoms with E-state index in [1.807, 2.05) is 25.3 Å². The van der Waals surface area contributed by atoms with E-state index >= 15 is 0 Å². The zero-order chi connectivity index (χ0) is 20.3. The van der Waals surface area contributed by atoms with Crippen LogP contribution in [0.1, 0.15) is 37.9 Å². The van der Waals surface area contributed by atoms with Gasteiger partial charge in [-0.2, -0.15) is 0 Å². The van der Waals surface area contributed by atoms with E-state index in [1.165, 1.54) is 0 Å². The van der Waals surface area contributed by atoms with Gasteiger partial charge in [-0.15, -0.1) is 0 Å². The molecule has 1 aromatic carbocycles. The topological polar surface area (TPSA) is 115 Å². The molecule has 0 atom stereocenters. The largest absolute Gasteiger partial charge is 0.360 e. The van der Waals surface area contributed by atoms with Crippen molar-refractivity contribution in [2.75, 3.05) is 18.4 Å². The summed E-state index contributed by atoms with van der Waals surface area (Å²) in [6, 6.07) is 10.4. The third-order valence-electron chi connectivity index (χ3n) is 4.37. The van der Waals surface area contributed by atoms with Gasteiger partial charge in [-0.25, -0.2) is 0 Å². The summed E-state index contributed by atoms with van der Waals surface area (Å²) in [5.41, 5.74) is 8.33. The van der Waals surface area contributed by atoms with E-state index in [1.54, 1.807) is 36.4 Å². The van der Waals surface area contributed by atoms with Crippen LogP contribution in [0.25, 0.3) is 5.82 Å². The smallest absolute Gasteiger partial charge is 0.257 e. The van der Waals surface area contributed by atoms with Crippen LogP contribution in [0.4, 0.5) is 5.69 Å². The van der Waals surface area contributed by atoms with Crippen molar-refractivity contribution in [3.63, 3.8) is 0 Å². The average molecular weight is 381 g/mol. The number of nitrogens with one attached hydrogen (secondary N) is 2. The van der Waals surface area contributed by atoms with Crippen molar-refractivity contribution in [1.29, 1.82) is 0 Å². The normalized spacial score (nSPS) is 10.7. The average Bonchev–Trinajstić information content (AvgIpc) is 3.22. The van der Waals surface area contributed by atoms with Crippen molar-refractivity contribution in [3.8, 4) is 5.82 Å².